The van der Waals surface area contributed by atoms with Gasteiger partial charge in [-0.05, 0) is 24.8 Å². The molecule has 1 heterocycles. The molecule has 0 bridgehead atoms. The van der Waals surface area contributed by atoms with Crippen LogP contribution in [0.5, 0.6) is 0 Å². The number of anilines is 1. The lowest BCUT2D eigenvalue weighted by Crippen LogP contribution is -2.46. The first kappa shape index (κ1) is 15.2. The summed E-state index contributed by atoms with van der Waals surface area (Å²) in [7, 11) is 0. The van der Waals surface area contributed by atoms with Gasteiger partial charge in [0.25, 0.3) is 0 Å². The molecule has 21 heavy (non-hydrogen) atoms. The summed E-state index contributed by atoms with van der Waals surface area (Å²) in [6, 6.07) is 4.49. The molecular weight excluding hydrogens is 272 g/mol. The molecule has 1 aliphatic rings. The minimum Gasteiger partial charge on any atom is -0.394 e. The Morgan fingerprint density at radius 1 is 1.67 bits per heavy atom. The zero-order valence-corrected chi connectivity index (χ0v) is 11.9. The fourth-order valence-electron chi connectivity index (χ4n) is 2.98. The lowest BCUT2D eigenvalue weighted by molar-refractivity contribution is -0.385. The topological polar surface area (TPSA) is 112 Å². The molecule has 2 rings (SSSR count). The van der Waals surface area contributed by atoms with Gasteiger partial charge in [-0.1, -0.05) is 19.8 Å². The van der Waals surface area contributed by atoms with Crippen molar-refractivity contribution in [2.75, 3.05) is 11.9 Å². The van der Waals surface area contributed by atoms with Gasteiger partial charge in [-0.2, -0.15) is 5.26 Å². The monoisotopic (exact) mass is 290 g/mol. The third-order valence-electron chi connectivity index (χ3n) is 3.96. The number of nitrogens with zero attached hydrogens (tertiary/aromatic N) is 3. The molecule has 0 amide bonds. The molecule has 7 nitrogen and oxygen atoms in total. The SMILES string of the molecule is CC1CCCC(CO)(Nc2ccc([N+](=O)[O-])c(C#N)n2)C1. The lowest BCUT2D eigenvalue weighted by Gasteiger charge is -2.39. The first-order chi connectivity index (χ1) is 9.99. The summed E-state index contributed by atoms with van der Waals surface area (Å²) < 4.78 is 0. The Bertz CT molecular complexity index is 584. The number of pyridine rings is 1. The fraction of sp³-hybridized carbons (Fsp3) is 0.571. The van der Waals surface area contributed by atoms with Gasteiger partial charge < -0.3 is 10.4 Å². The van der Waals surface area contributed by atoms with Crippen LogP contribution in [-0.2, 0) is 0 Å². The highest BCUT2D eigenvalue weighted by Crippen LogP contribution is 2.34. The van der Waals surface area contributed by atoms with E-state index in [4.69, 9.17) is 5.26 Å². The number of rotatable bonds is 4. The fourth-order valence-corrected chi connectivity index (χ4v) is 2.98. The van der Waals surface area contributed by atoms with Gasteiger partial charge in [0.1, 0.15) is 11.9 Å². The average Bonchev–Trinajstić information content (AvgIpc) is 2.46. The van der Waals surface area contributed by atoms with Gasteiger partial charge in [-0.15, -0.1) is 0 Å². The standard InChI is InChI=1S/C14H18N4O3/c1-10-3-2-6-14(7-10,9-19)17-13-5-4-12(18(20)21)11(8-15)16-13/h4-5,10,19H,2-3,6-7,9H2,1H3,(H,16,17). The van der Waals surface area contributed by atoms with Gasteiger partial charge in [-0.3, -0.25) is 10.1 Å². The van der Waals surface area contributed by atoms with Crippen molar-refractivity contribution in [2.45, 2.75) is 38.1 Å². The second-order valence-electron chi connectivity index (χ2n) is 5.70. The van der Waals surface area contributed by atoms with Crippen LogP contribution in [-0.4, -0.2) is 27.2 Å². The summed E-state index contributed by atoms with van der Waals surface area (Å²) in [6.07, 6.45) is 3.76. The molecule has 0 radical (unpaired) electrons. The number of nitrogens with one attached hydrogen (secondary N) is 1. The van der Waals surface area contributed by atoms with Gasteiger partial charge in [0.05, 0.1) is 17.1 Å². The van der Waals surface area contributed by atoms with E-state index in [9.17, 15) is 15.2 Å². The summed E-state index contributed by atoms with van der Waals surface area (Å²) >= 11 is 0. The Hall–Kier alpha value is -2.20. The molecule has 2 unspecified atom stereocenters. The maximum Gasteiger partial charge on any atom is 0.305 e. The number of hydrogen-bond acceptors (Lipinski definition) is 6. The van der Waals surface area contributed by atoms with E-state index in [1.807, 2.05) is 0 Å². The molecule has 1 aromatic rings. The zero-order chi connectivity index (χ0) is 15.5. The smallest absolute Gasteiger partial charge is 0.305 e. The average molecular weight is 290 g/mol. The third-order valence-corrected chi connectivity index (χ3v) is 3.96. The molecule has 0 aromatic carbocycles. The van der Waals surface area contributed by atoms with E-state index in [1.54, 1.807) is 6.07 Å². The Kier molecular flexibility index (Phi) is 4.38. The van der Waals surface area contributed by atoms with E-state index in [0.717, 1.165) is 25.7 Å². The summed E-state index contributed by atoms with van der Waals surface area (Å²) in [6.45, 7) is 2.10. The van der Waals surface area contributed by atoms with Gasteiger partial charge >= 0.3 is 5.69 Å². The van der Waals surface area contributed by atoms with Gasteiger partial charge in [0.2, 0.25) is 5.69 Å². The highest BCUT2D eigenvalue weighted by molar-refractivity contribution is 5.51. The van der Waals surface area contributed by atoms with Crippen LogP contribution in [0, 0.1) is 27.4 Å². The number of hydrogen-bond donors (Lipinski definition) is 2. The van der Waals surface area contributed by atoms with Crippen molar-refractivity contribution in [2.24, 2.45) is 5.92 Å². The van der Waals surface area contributed by atoms with E-state index in [-0.39, 0.29) is 18.0 Å². The Balaban J connectivity index is 2.26. The summed E-state index contributed by atoms with van der Waals surface area (Å²) in [5.41, 5.74) is -0.992. The highest BCUT2D eigenvalue weighted by Gasteiger charge is 2.35. The normalized spacial score (nSPS) is 25.1. The number of aromatic nitrogens is 1. The Morgan fingerprint density at radius 2 is 2.43 bits per heavy atom. The number of aliphatic hydroxyl groups is 1. The minimum atomic E-state index is -0.625. The number of nitro groups is 1. The third kappa shape index (κ3) is 3.28. The number of aliphatic hydroxyl groups excluding tert-OH is 1. The van der Waals surface area contributed by atoms with E-state index in [1.165, 1.54) is 12.1 Å². The first-order valence-electron chi connectivity index (χ1n) is 6.94. The second-order valence-corrected chi connectivity index (χ2v) is 5.70. The first-order valence-corrected chi connectivity index (χ1v) is 6.94. The highest BCUT2D eigenvalue weighted by atomic mass is 16.6. The van der Waals surface area contributed by atoms with Crippen LogP contribution < -0.4 is 5.32 Å². The molecule has 2 atom stereocenters. The van der Waals surface area contributed by atoms with E-state index >= 15 is 0 Å². The van der Waals surface area contributed by atoms with Crippen molar-refractivity contribution >= 4 is 11.5 Å². The van der Waals surface area contributed by atoms with Crippen LogP contribution >= 0.6 is 0 Å². The van der Waals surface area contributed by atoms with Gasteiger partial charge in [0, 0.05) is 6.07 Å². The summed E-state index contributed by atoms with van der Waals surface area (Å²) in [4.78, 5) is 14.2. The Morgan fingerprint density at radius 3 is 3.00 bits per heavy atom. The molecule has 1 fully saturated rings. The van der Waals surface area contributed by atoms with Gasteiger partial charge in [0.15, 0.2) is 0 Å². The number of nitriles is 1. The van der Waals surface area contributed by atoms with Gasteiger partial charge in [-0.25, -0.2) is 4.98 Å². The molecule has 112 valence electrons. The Labute approximate surface area is 122 Å². The van der Waals surface area contributed by atoms with Crippen molar-refractivity contribution in [3.63, 3.8) is 0 Å². The van der Waals surface area contributed by atoms with Crippen molar-refractivity contribution in [1.82, 2.24) is 4.98 Å². The van der Waals surface area contributed by atoms with Crippen molar-refractivity contribution < 1.29 is 10.0 Å². The predicted octanol–water partition coefficient (Wildman–Crippen LogP) is 2.21. The maximum absolute atomic E-state index is 10.8. The van der Waals surface area contributed by atoms with Crippen LogP contribution in [0.25, 0.3) is 0 Å². The molecule has 0 saturated heterocycles. The second kappa shape index (κ2) is 6.06. The molecule has 1 aromatic heterocycles. The van der Waals surface area contributed by atoms with Crippen LogP contribution in [0.2, 0.25) is 0 Å². The molecular formula is C14H18N4O3. The van der Waals surface area contributed by atoms with Crippen molar-refractivity contribution in [3.8, 4) is 6.07 Å². The largest absolute Gasteiger partial charge is 0.394 e. The molecule has 7 heteroatoms. The van der Waals surface area contributed by atoms with Crippen LogP contribution in [0.3, 0.4) is 0 Å². The summed E-state index contributed by atoms with van der Waals surface area (Å²) in [5.74, 6) is 0.882. The molecule has 2 N–H and O–H groups in total. The molecule has 1 aliphatic carbocycles. The molecule has 0 spiro atoms. The zero-order valence-electron chi connectivity index (χ0n) is 11.9. The van der Waals surface area contributed by atoms with E-state index in [2.05, 4.69) is 17.2 Å². The minimum absolute atomic E-state index is 0.0299. The van der Waals surface area contributed by atoms with E-state index < -0.39 is 10.5 Å². The quantitative estimate of drug-likeness (QED) is 0.649. The van der Waals surface area contributed by atoms with Crippen LogP contribution in [0.15, 0.2) is 12.1 Å². The predicted molar refractivity (Wildman–Crippen MR) is 76.7 cm³/mol. The van der Waals surface area contributed by atoms with Crippen LogP contribution in [0.1, 0.15) is 38.3 Å². The molecule has 1 saturated carbocycles. The lowest BCUT2D eigenvalue weighted by atomic mass is 9.77. The maximum atomic E-state index is 10.8. The van der Waals surface area contributed by atoms with Crippen molar-refractivity contribution in [3.05, 3.63) is 27.9 Å². The molecule has 0 aliphatic heterocycles. The van der Waals surface area contributed by atoms with E-state index in [0.29, 0.717) is 11.7 Å². The summed E-state index contributed by atoms with van der Waals surface area (Å²) in [5, 5.41) is 32.7. The van der Waals surface area contributed by atoms with Crippen LogP contribution in [0.4, 0.5) is 11.5 Å². The van der Waals surface area contributed by atoms with Crippen molar-refractivity contribution in [1.29, 1.82) is 5.26 Å².